The highest BCUT2D eigenvalue weighted by Gasteiger charge is 2.23. The third kappa shape index (κ3) is 5.90. The van der Waals surface area contributed by atoms with Crippen molar-refractivity contribution in [3.8, 4) is 11.8 Å². The number of nitrogens with one attached hydrogen (secondary N) is 1. The van der Waals surface area contributed by atoms with Gasteiger partial charge in [0.25, 0.3) is 5.91 Å². The summed E-state index contributed by atoms with van der Waals surface area (Å²) in [5.74, 6) is 0.717. The molecular formula is C23H25N3O3. The first-order valence-corrected chi connectivity index (χ1v) is 9.82. The molecule has 150 valence electrons. The first-order valence-electron chi connectivity index (χ1n) is 9.82. The highest BCUT2D eigenvalue weighted by atomic mass is 16.5. The maximum atomic E-state index is 12.3. The summed E-state index contributed by atoms with van der Waals surface area (Å²) in [7, 11) is 0. The van der Waals surface area contributed by atoms with Gasteiger partial charge in [0.2, 0.25) is 0 Å². The number of likely N-dealkylation sites (tertiary alicyclic amines) is 1. The summed E-state index contributed by atoms with van der Waals surface area (Å²) < 4.78 is 5.74. The second kappa shape index (κ2) is 9.85. The normalized spacial score (nSPS) is 16.2. The number of hydrogen-bond acceptors (Lipinski definition) is 5. The molecule has 1 amide bonds. The molecule has 0 bridgehead atoms. The standard InChI is InChI=1S/C23H25N3O3/c1-17(27)19-7-9-22(10-8-19)29-14-2-12-26-13-11-21(16-26)25-23(28)20-5-3-18(15-24)4-6-20/h3-10,21H,2,11-14,16H2,1H3,(H,25,28)/t21-/m1/s1. The number of amides is 1. The molecule has 0 saturated carbocycles. The predicted octanol–water partition coefficient (Wildman–Crippen LogP) is 3.03. The zero-order chi connectivity index (χ0) is 20.6. The van der Waals surface area contributed by atoms with Crippen LogP contribution in [0.3, 0.4) is 0 Å². The Morgan fingerprint density at radius 1 is 1.14 bits per heavy atom. The van der Waals surface area contributed by atoms with Crippen molar-refractivity contribution in [1.29, 1.82) is 5.26 Å². The number of rotatable bonds is 8. The van der Waals surface area contributed by atoms with E-state index in [-0.39, 0.29) is 17.7 Å². The molecule has 0 unspecified atom stereocenters. The van der Waals surface area contributed by atoms with Crippen LogP contribution in [0, 0.1) is 11.3 Å². The van der Waals surface area contributed by atoms with E-state index in [1.165, 1.54) is 0 Å². The van der Waals surface area contributed by atoms with Gasteiger partial charge in [-0.05, 0) is 68.3 Å². The molecule has 6 nitrogen and oxygen atoms in total. The van der Waals surface area contributed by atoms with Crippen LogP contribution >= 0.6 is 0 Å². The van der Waals surface area contributed by atoms with Gasteiger partial charge in [0, 0.05) is 36.8 Å². The summed E-state index contributed by atoms with van der Waals surface area (Å²) in [6, 6.07) is 16.1. The van der Waals surface area contributed by atoms with E-state index in [0.717, 1.165) is 38.2 Å². The van der Waals surface area contributed by atoms with Gasteiger partial charge in [0.15, 0.2) is 5.78 Å². The number of ether oxygens (including phenoxy) is 1. The minimum absolute atomic E-state index is 0.0476. The summed E-state index contributed by atoms with van der Waals surface area (Å²) in [5.41, 5.74) is 1.81. The number of benzene rings is 2. The zero-order valence-corrected chi connectivity index (χ0v) is 16.6. The first-order chi connectivity index (χ1) is 14.0. The maximum Gasteiger partial charge on any atom is 0.251 e. The van der Waals surface area contributed by atoms with Gasteiger partial charge in [0.1, 0.15) is 5.75 Å². The van der Waals surface area contributed by atoms with Crippen molar-refractivity contribution in [2.45, 2.75) is 25.8 Å². The number of carbonyl (C=O) groups excluding carboxylic acids is 2. The number of hydrogen-bond donors (Lipinski definition) is 1. The molecule has 3 rings (SSSR count). The highest BCUT2D eigenvalue weighted by molar-refractivity contribution is 5.94. The Balaban J connectivity index is 1.35. The van der Waals surface area contributed by atoms with Gasteiger partial charge in [-0.25, -0.2) is 0 Å². The fourth-order valence-corrected chi connectivity index (χ4v) is 3.38. The van der Waals surface area contributed by atoms with E-state index in [0.29, 0.717) is 23.3 Å². The highest BCUT2D eigenvalue weighted by Crippen LogP contribution is 2.14. The number of carbonyl (C=O) groups is 2. The molecule has 29 heavy (non-hydrogen) atoms. The van der Waals surface area contributed by atoms with E-state index in [4.69, 9.17) is 10.00 Å². The number of ketones is 1. The molecular weight excluding hydrogens is 366 g/mol. The third-order valence-electron chi connectivity index (χ3n) is 5.03. The summed E-state index contributed by atoms with van der Waals surface area (Å²) in [6.45, 7) is 4.85. The third-order valence-corrected chi connectivity index (χ3v) is 5.03. The lowest BCUT2D eigenvalue weighted by Gasteiger charge is -2.17. The topological polar surface area (TPSA) is 82.4 Å². The Bertz CT molecular complexity index is 885. The van der Waals surface area contributed by atoms with Crippen molar-refractivity contribution in [3.05, 3.63) is 65.2 Å². The lowest BCUT2D eigenvalue weighted by atomic mass is 10.1. The molecule has 0 radical (unpaired) electrons. The molecule has 1 saturated heterocycles. The Hall–Kier alpha value is -3.17. The van der Waals surface area contributed by atoms with Gasteiger partial charge in [-0.3, -0.25) is 9.59 Å². The van der Waals surface area contributed by atoms with Crippen molar-refractivity contribution in [3.63, 3.8) is 0 Å². The molecule has 1 aliphatic heterocycles. The van der Waals surface area contributed by atoms with Crippen LogP contribution < -0.4 is 10.1 Å². The molecule has 0 aliphatic carbocycles. The van der Waals surface area contributed by atoms with Crippen molar-refractivity contribution in [1.82, 2.24) is 10.2 Å². The molecule has 6 heteroatoms. The lowest BCUT2D eigenvalue weighted by molar-refractivity contribution is 0.0936. The van der Waals surface area contributed by atoms with Crippen LogP contribution in [-0.4, -0.2) is 48.9 Å². The van der Waals surface area contributed by atoms with Gasteiger partial charge in [-0.2, -0.15) is 5.26 Å². The monoisotopic (exact) mass is 391 g/mol. The van der Waals surface area contributed by atoms with Crippen LogP contribution in [0.25, 0.3) is 0 Å². The molecule has 1 aliphatic rings. The summed E-state index contributed by atoms with van der Waals surface area (Å²) in [6.07, 6.45) is 1.82. The van der Waals surface area contributed by atoms with E-state index >= 15 is 0 Å². The fraction of sp³-hybridized carbons (Fsp3) is 0.348. The van der Waals surface area contributed by atoms with E-state index in [2.05, 4.69) is 16.3 Å². The SMILES string of the molecule is CC(=O)c1ccc(OCCCN2CC[C@@H](NC(=O)c3ccc(C#N)cc3)C2)cc1. The van der Waals surface area contributed by atoms with Crippen LogP contribution in [0.4, 0.5) is 0 Å². The Morgan fingerprint density at radius 3 is 2.48 bits per heavy atom. The van der Waals surface area contributed by atoms with Crippen molar-refractivity contribution < 1.29 is 14.3 Å². The summed E-state index contributed by atoms with van der Waals surface area (Å²) >= 11 is 0. The quantitative estimate of drug-likeness (QED) is 0.552. The van der Waals surface area contributed by atoms with Gasteiger partial charge in [-0.15, -0.1) is 0 Å². The average Bonchev–Trinajstić information content (AvgIpc) is 3.18. The van der Waals surface area contributed by atoms with Crippen LogP contribution in [0.15, 0.2) is 48.5 Å². The minimum atomic E-state index is -0.0984. The first kappa shape index (κ1) is 20.6. The van der Waals surface area contributed by atoms with E-state index in [9.17, 15) is 9.59 Å². The smallest absolute Gasteiger partial charge is 0.251 e. The van der Waals surface area contributed by atoms with E-state index < -0.39 is 0 Å². The van der Waals surface area contributed by atoms with Gasteiger partial charge in [-0.1, -0.05) is 0 Å². The van der Waals surface area contributed by atoms with Gasteiger partial charge < -0.3 is 15.0 Å². The molecule has 2 aromatic carbocycles. The predicted molar refractivity (Wildman–Crippen MR) is 110 cm³/mol. The lowest BCUT2D eigenvalue weighted by Crippen LogP contribution is -2.37. The van der Waals surface area contributed by atoms with Gasteiger partial charge in [0.05, 0.1) is 18.2 Å². The maximum absolute atomic E-state index is 12.3. The Labute approximate surface area is 171 Å². The average molecular weight is 391 g/mol. The molecule has 0 spiro atoms. The van der Waals surface area contributed by atoms with Crippen LogP contribution in [-0.2, 0) is 0 Å². The molecule has 1 fully saturated rings. The molecule has 1 atom stereocenters. The molecule has 1 heterocycles. The molecule has 2 aromatic rings. The fourth-order valence-electron chi connectivity index (χ4n) is 3.38. The second-order valence-electron chi connectivity index (χ2n) is 7.23. The summed E-state index contributed by atoms with van der Waals surface area (Å²) in [5, 5.41) is 11.9. The second-order valence-corrected chi connectivity index (χ2v) is 7.23. The van der Waals surface area contributed by atoms with Crippen molar-refractivity contribution in [2.24, 2.45) is 0 Å². The van der Waals surface area contributed by atoms with Gasteiger partial charge >= 0.3 is 0 Å². The van der Waals surface area contributed by atoms with Crippen molar-refractivity contribution >= 4 is 11.7 Å². The van der Waals surface area contributed by atoms with Crippen LogP contribution in [0.1, 0.15) is 46.0 Å². The number of nitrogens with zero attached hydrogens (tertiary/aromatic N) is 2. The van der Waals surface area contributed by atoms with Crippen molar-refractivity contribution in [2.75, 3.05) is 26.2 Å². The van der Waals surface area contributed by atoms with Crippen LogP contribution in [0.2, 0.25) is 0 Å². The number of nitriles is 1. The van der Waals surface area contributed by atoms with E-state index in [1.807, 2.05) is 12.1 Å². The van der Waals surface area contributed by atoms with Crippen LogP contribution in [0.5, 0.6) is 5.75 Å². The Kier molecular flexibility index (Phi) is 6.99. The Morgan fingerprint density at radius 2 is 1.83 bits per heavy atom. The molecule has 0 aromatic heterocycles. The largest absolute Gasteiger partial charge is 0.494 e. The zero-order valence-electron chi connectivity index (χ0n) is 16.6. The molecule has 1 N–H and O–H groups in total. The minimum Gasteiger partial charge on any atom is -0.494 e. The van der Waals surface area contributed by atoms with E-state index in [1.54, 1.807) is 43.3 Å². The number of Topliss-reactive ketones (excluding diaryl/α,β-unsaturated/α-hetero) is 1. The summed E-state index contributed by atoms with van der Waals surface area (Å²) in [4.78, 5) is 25.9.